The van der Waals surface area contributed by atoms with E-state index in [0.29, 0.717) is 12.5 Å². The smallest absolute Gasteiger partial charge is 0.264 e. The largest absolute Gasteiger partial charge is 0.326 e. The van der Waals surface area contributed by atoms with Crippen LogP contribution in [0.3, 0.4) is 0 Å². The maximum absolute atomic E-state index is 12.3. The van der Waals surface area contributed by atoms with Crippen molar-refractivity contribution in [3.8, 4) is 0 Å². The van der Waals surface area contributed by atoms with Gasteiger partial charge in [0.05, 0.1) is 23.3 Å². The van der Waals surface area contributed by atoms with Crippen LogP contribution in [0.25, 0.3) is 11.0 Å². The Bertz CT molecular complexity index is 1460. The predicted molar refractivity (Wildman–Crippen MR) is 150 cm³/mol. The first kappa shape index (κ1) is 26.8. The molecule has 0 bridgehead atoms. The van der Waals surface area contributed by atoms with Crippen molar-refractivity contribution in [2.45, 2.75) is 59.1 Å². The minimum atomic E-state index is -3.63. The highest BCUT2D eigenvalue weighted by atomic mass is 32.2. The summed E-state index contributed by atoms with van der Waals surface area (Å²) in [4.78, 5) is 19.2. The number of anilines is 1. The first-order valence-corrected chi connectivity index (χ1v) is 15.3. The van der Waals surface area contributed by atoms with E-state index in [1.54, 1.807) is 0 Å². The molecular formula is C29H38N4O4S. The third-order valence-corrected chi connectivity index (χ3v) is 8.39. The molecule has 0 saturated carbocycles. The Morgan fingerprint density at radius 1 is 1.13 bits per heavy atom. The van der Waals surface area contributed by atoms with Crippen molar-refractivity contribution < 1.29 is 17.4 Å². The Hall–Kier alpha value is -2.75. The van der Waals surface area contributed by atoms with Gasteiger partial charge in [-0.3, -0.25) is 8.98 Å². The molecule has 1 aliphatic carbocycles. The Balaban J connectivity index is 1.30. The number of aryl methyl sites for hydroxylation is 2. The first-order valence-electron chi connectivity index (χ1n) is 13.5. The number of nitrogens with one attached hydrogen (secondary N) is 1. The summed E-state index contributed by atoms with van der Waals surface area (Å²) < 4.78 is 32.4. The van der Waals surface area contributed by atoms with Crippen LogP contribution < -0.4 is 5.32 Å². The van der Waals surface area contributed by atoms with E-state index in [1.807, 2.05) is 33.8 Å². The van der Waals surface area contributed by atoms with Gasteiger partial charge in [0.2, 0.25) is 5.91 Å². The standard InChI is InChI=1S/C29H38N4O4S/c1-18(2)29(34)31-24-8-7-22-13-21(14-23(22)15-24)16-32-11-10-27(28(17-32)37-38(5,35)36)33-20(4)30-25-12-19(3)6-9-26(25)33/h6-9,12,15,18,21,27-28H,10-11,13-14,16-17H2,1-5H3,(H,31,34). The predicted octanol–water partition coefficient (Wildman–Crippen LogP) is 4.25. The van der Waals surface area contributed by atoms with Crippen LogP contribution in [-0.2, 0) is 31.9 Å². The van der Waals surface area contributed by atoms with Gasteiger partial charge in [-0.1, -0.05) is 26.0 Å². The van der Waals surface area contributed by atoms with Crippen LogP contribution >= 0.6 is 0 Å². The summed E-state index contributed by atoms with van der Waals surface area (Å²) in [5.74, 6) is 1.28. The quantitative estimate of drug-likeness (QED) is 0.452. The Morgan fingerprint density at radius 2 is 1.89 bits per heavy atom. The van der Waals surface area contributed by atoms with E-state index in [2.05, 4.69) is 45.1 Å². The monoisotopic (exact) mass is 538 g/mol. The van der Waals surface area contributed by atoms with Crippen LogP contribution in [0, 0.1) is 25.7 Å². The summed E-state index contributed by atoms with van der Waals surface area (Å²) in [5, 5.41) is 3.00. The number of hydrogen-bond donors (Lipinski definition) is 1. The van der Waals surface area contributed by atoms with Gasteiger partial charge in [0, 0.05) is 31.2 Å². The van der Waals surface area contributed by atoms with Crippen molar-refractivity contribution in [1.29, 1.82) is 0 Å². The number of fused-ring (bicyclic) bond motifs is 2. The molecule has 0 radical (unpaired) electrons. The minimum absolute atomic E-state index is 0.0235. The number of benzene rings is 2. The number of hydrogen-bond acceptors (Lipinski definition) is 6. The molecule has 1 N–H and O–H groups in total. The minimum Gasteiger partial charge on any atom is -0.326 e. The van der Waals surface area contributed by atoms with E-state index >= 15 is 0 Å². The number of imidazole rings is 1. The number of carbonyl (C=O) groups excluding carboxylic acids is 1. The molecule has 1 aromatic heterocycles. The molecule has 3 aromatic rings. The van der Waals surface area contributed by atoms with Gasteiger partial charge in [-0.25, -0.2) is 4.98 Å². The van der Waals surface area contributed by atoms with Crippen LogP contribution in [0.1, 0.15) is 48.8 Å². The van der Waals surface area contributed by atoms with Gasteiger partial charge in [0.1, 0.15) is 11.9 Å². The van der Waals surface area contributed by atoms with Gasteiger partial charge < -0.3 is 14.8 Å². The van der Waals surface area contributed by atoms with E-state index in [-0.39, 0.29) is 17.9 Å². The summed E-state index contributed by atoms with van der Waals surface area (Å²) in [6.45, 7) is 10.1. The summed E-state index contributed by atoms with van der Waals surface area (Å²) in [6.07, 6.45) is 3.36. The van der Waals surface area contributed by atoms with Crippen LogP contribution in [0.4, 0.5) is 5.69 Å². The van der Waals surface area contributed by atoms with Crippen molar-refractivity contribution in [3.05, 3.63) is 58.9 Å². The van der Waals surface area contributed by atoms with Gasteiger partial charge in [-0.05, 0) is 80.0 Å². The zero-order valence-corrected chi connectivity index (χ0v) is 23.7. The summed E-state index contributed by atoms with van der Waals surface area (Å²) >= 11 is 0. The van der Waals surface area contributed by atoms with Crippen LogP contribution in [0.5, 0.6) is 0 Å². The molecule has 38 heavy (non-hydrogen) atoms. The molecule has 9 heteroatoms. The van der Waals surface area contributed by atoms with Crippen LogP contribution in [0.15, 0.2) is 36.4 Å². The molecule has 2 heterocycles. The summed E-state index contributed by atoms with van der Waals surface area (Å²) in [7, 11) is -3.63. The molecule has 1 amide bonds. The molecule has 0 spiro atoms. The lowest BCUT2D eigenvalue weighted by atomic mass is 9.98. The van der Waals surface area contributed by atoms with Crippen molar-refractivity contribution in [2.24, 2.45) is 11.8 Å². The van der Waals surface area contributed by atoms with Crippen molar-refractivity contribution in [3.63, 3.8) is 0 Å². The third kappa shape index (κ3) is 5.80. The number of piperidine rings is 1. The second-order valence-electron chi connectivity index (χ2n) is 11.4. The molecule has 5 rings (SSSR count). The Labute approximate surface area is 225 Å². The molecule has 3 unspecified atom stereocenters. The molecule has 1 saturated heterocycles. The first-order chi connectivity index (χ1) is 18.0. The SMILES string of the molecule is Cc1ccc2c(c1)nc(C)n2C1CCN(CC2Cc3ccc(NC(=O)C(C)C)cc3C2)CC1OS(C)(=O)=O. The van der Waals surface area contributed by atoms with Gasteiger partial charge in [-0.2, -0.15) is 8.42 Å². The summed E-state index contributed by atoms with van der Waals surface area (Å²) in [6, 6.07) is 12.3. The fourth-order valence-electron chi connectivity index (χ4n) is 6.06. The molecule has 2 aromatic carbocycles. The highest BCUT2D eigenvalue weighted by molar-refractivity contribution is 7.86. The highest BCUT2D eigenvalue weighted by Crippen LogP contribution is 2.34. The van der Waals surface area contributed by atoms with E-state index in [9.17, 15) is 13.2 Å². The second kappa shape index (κ2) is 10.4. The fraction of sp³-hybridized carbons (Fsp3) is 0.517. The molecule has 204 valence electrons. The number of aromatic nitrogens is 2. The molecule has 1 fully saturated rings. The normalized spacial score (nSPS) is 22.2. The maximum Gasteiger partial charge on any atom is 0.264 e. The topological polar surface area (TPSA) is 93.5 Å². The number of carbonyl (C=O) groups is 1. The van der Waals surface area contributed by atoms with Gasteiger partial charge in [0.25, 0.3) is 10.1 Å². The second-order valence-corrected chi connectivity index (χ2v) is 13.0. The highest BCUT2D eigenvalue weighted by Gasteiger charge is 2.36. The molecule has 1 aliphatic heterocycles. The zero-order valence-electron chi connectivity index (χ0n) is 22.9. The zero-order chi connectivity index (χ0) is 27.2. The Morgan fingerprint density at radius 3 is 2.63 bits per heavy atom. The lowest BCUT2D eigenvalue weighted by Gasteiger charge is -2.39. The number of likely N-dealkylation sites (tertiary alicyclic amines) is 1. The van der Waals surface area contributed by atoms with Gasteiger partial charge in [0.15, 0.2) is 0 Å². The van der Waals surface area contributed by atoms with Crippen molar-refractivity contribution in [1.82, 2.24) is 14.5 Å². The fourth-order valence-corrected chi connectivity index (χ4v) is 6.70. The third-order valence-electron chi connectivity index (χ3n) is 7.79. The van der Waals surface area contributed by atoms with E-state index in [1.165, 1.54) is 11.1 Å². The number of nitrogens with zero attached hydrogens (tertiary/aromatic N) is 3. The van der Waals surface area contributed by atoms with Gasteiger partial charge in [-0.15, -0.1) is 0 Å². The lowest BCUT2D eigenvalue weighted by Crippen LogP contribution is -2.48. The summed E-state index contributed by atoms with van der Waals surface area (Å²) in [5.41, 5.74) is 6.55. The number of rotatable bonds is 7. The molecule has 8 nitrogen and oxygen atoms in total. The van der Waals surface area contributed by atoms with Crippen molar-refractivity contribution in [2.75, 3.05) is 31.2 Å². The van der Waals surface area contributed by atoms with E-state index in [0.717, 1.165) is 66.7 Å². The van der Waals surface area contributed by atoms with E-state index in [4.69, 9.17) is 9.17 Å². The molecular weight excluding hydrogens is 500 g/mol. The lowest BCUT2D eigenvalue weighted by molar-refractivity contribution is -0.118. The number of amides is 1. The van der Waals surface area contributed by atoms with Crippen LogP contribution in [0.2, 0.25) is 0 Å². The average molecular weight is 539 g/mol. The van der Waals surface area contributed by atoms with Crippen molar-refractivity contribution >= 4 is 32.7 Å². The molecule has 2 aliphatic rings. The van der Waals surface area contributed by atoms with Crippen LogP contribution in [-0.4, -0.2) is 60.8 Å². The van der Waals surface area contributed by atoms with E-state index < -0.39 is 16.2 Å². The average Bonchev–Trinajstić information content (AvgIpc) is 3.36. The molecule has 3 atom stereocenters. The Kier molecular flexibility index (Phi) is 7.37. The van der Waals surface area contributed by atoms with Gasteiger partial charge >= 0.3 is 0 Å². The maximum atomic E-state index is 12.3.